The minimum Gasteiger partial charge on any atom is -0.507 e. The molecule has 4 atom stereocenters. The van der Waals surface area contributed by atoms with Gasteiger partial charge < -0.3 is 19.1 Å². The highest BCUT2D eigenvalue weighted by Gasteiger charge is 2.59. The number of phenolic OH excluding ortho intramolecular Hbond substituents is 1. The third-order valence-electron chi connectivity index (χ3n) is 11.5. The summed E-state index contributed by atoms with van der Waals surface area (Å²) in [7, 11) is 4.61. The Morgan fingerprint density at radius 1 is 0.981 bits per heavy atom. The monoisotopic (exact) mass is 703 g/mol. The van der Waals surface area contributed by atoms with Gasteiger partial charge in [-0.3, -0.25) is 14.4 Å². The lowest BCUT2D eigenvalue weighted by molar-refractivity contribution is -0.139. The zero-order valence-corrected chi connectivity index (χ0v) is 29.4. The number of nitrogens with zero attached hydrogens (tertiary/aromatic N) is 5. The van der Waals surface area contributed by atoms with E-state index in [-0.39, 0.29) is 54.5 Å². The van der Waals surface area contributed by atoms with Crippen LogP contribution in [0.25, 0.3) is 21.8 Å². The molecule has 8 rings (SSSR count). The van der Waals surface area contributed by atoms with Gasteiger partial charge in [-0.25, -0.2) is 28.5 Å². The highest BCUT2D eigenvalue weighted by molar-refractivity contribution is 6.13. The molecular weight excluding hydrogens is 666 g/mol. The first-order valence-electron chi connectivity index (χ1n) is 17.1. The number of fused-ring (bicyclic) bond motifs is 6. The van der Waals surface area contributed by atoms with E-state index in [9.17, 15) is 29.1 Å². The van der Waals surface area contributed by atoms with Crippen molar-refractivity contribution in [3.63, 3.8) is 0 Å². The molecule has 52 heavy (non-hydrogen) atoms. The number of ether oxygens (including phenoxy) is 2. The molecule has 13 heteroatoms. The van der Waals surface area contributed by atoms with Crippen LogP contribution in [0.2, 0.25) is 0 Å². The Balaban J connectivity index is 1.22. The maximum absolute atomic E-state index is 14.3. The molecule has 3 aliphatic rings. The van der Waals surface area contributed by atoms with Gasteiger partial charge in [0, 0.05) is 54.9 Å². The molecule has 1 aliphatic heterocycles. The van der Waals surface area contributed by atoms with Crippen molar-refractivity contribution in [3.05, 3.63) is 114 Å². The molecule has 266 valence electrons. The molecule has 0 amide bonds. The quantitative estimate of drug-likeness (QED) is 0.261. The molecule has 3 aromatic carbocycles. The molecule has 0 saturated heterocycles. The first-order chi connectivity index (χ1) is 24.9. The second kappa shape index (κ2) is 11.8. The van der Waals surface area contributed by atoms with E-state index in [1.807, 2.05) is 30.3 Å². The van der Waals surface area contributed by atoms with E-state index in [1.54, 1.807) is 45.2 Å². The Morgan fingerprint density at radius 3 is 2.46 bits per heavy atom. The predicted octanol–water partition coefficient (Wildman–Crippen LogP) is 3.57. The van der Waals surface area contributed by atoms with Gasteiger partial charge in [0.2, 0.25) is 0 Å². The van der Waals surface area contributed by atoms with Crippen molar-refractivity contribution >= 4 is 33.4 Å². The van der Waals surface area contributed by atoms with Gasteiger partial charge in [-0.2, -0.15) is 0 Å². The Hall–Kier alpha value is -5.98. The molecule has 5 aromatic rings. The van der Waals surface area contributed by atoms with Crippen molar-refractivity contribution in [3.8, 4) is 17.2 Å². The van der Waals surface area contributed by atoms with Crippen molar-refractivity contribution in [2.75, 3.05) is 14.2 Å². The number of aromatic hydroxyl groups is 1. The van der Waals surface area contributed by atoms with Crippen LogP contribution in [0.4, 0.5) is 0 Å². The largest absolute Gasteiger partial charge is 0.507 e. The molecule has 13 nitrogen and oxygen atoms in total. The Morgan fingerprint density at radius 2 is 1.71 bits per heavy atom. The molecule has 1 fully saturated rings. The average Bonchev–Trinajstić information content (AvgIpc) is 3.39. The van der Waals surface area contributed by atoms with E-state index in [0.29, 0.717) is 44.6 Å². The lowest BCUT2D eigenvalue weighted by Gasteiger charge is -2.52. The highest BCUT2D eigenvalue weighted by atomic mass is 16.5. The minimum absolute atomic E-state index is 0.00422. The number of carbonyl (C=O) groups excluding carboxylic acids is 2. The fourth-order valence-electron chi connectivity index (χ4n) is 8.72. The molecule has 0 unspecified atom stereocenters. The number of aromatic nitrogens is 5. The van der Waals surface area contributed by atoms with Gasteiger partial charge in [0.1, 0.15) is 11.4 Å². The number of ketones is 2. The van der Waals surface area contributed by atoms with E-state index in [0.717, 1.165) is 9.95 Å². The number of aryl methyl sites for hydroxylation is 2. The summed E-state index contributed by atoms with van der Waals surface area (Å²) in [4.78, 5) is 74.1. The number of carbonyl (C=O) groups is 2. The van der Waals surface area contributed by atoms with Crippen LogP contribution in [0.1, 0.15) is 43.5 Å². The number of benzene rings is 3. The summed E-state index contributed by atoms with van der Waals surface area (Å²) in [5.41, 5.74) is -0.126. The fourth-order valence-corrected chi connectivity index (χ4v) is 8.72. The summed E-state index contributed by atoms with van der Waals surface area (Å²) in [6, 6.07) is 13.6. The van der Waals surface area contributed by atoms with Gasteiger partial charge in [-0.1, -0.05) is 49.4 Å². The molecule has 1 saturated carbocycles. The van der Waals surface area contributed by atoms with Crippen molar-refractivity contribution in [2.45, 2.75) is 51.7 Å². The third-order valence-corrected chi connectivity index (χ3v) is 11.5. The lowest BCUT2D eigenvalue weighted by atomic mass is 9.51. The highest BCUT2D eigenvalue weighted by Crippen LogP contribution is 2.61. The first kappa shape index (κ1) is 33.2. The number of Topliss-reactive ketones (excluding diaryl/α,β-unsaturated/α-hetero) is 1. The topological polar surface area (TPSA) is 157 Å². The third kappa shape index (κ3) is 4.54. The minimum atomic E-state index is -1.25. The Labute approximate surface area is 296 Å². The summed E-state index contributed by atoms with van der Waals surface area (Å²) in [6.07, 6.45) is 3.35. The summed E-state index contributed by atoms with van der Waals surface area (Å²) in [6.45, 7) is 3.30. The summed E-state index contributed by atoms with van der Waals surface area (Å²) >= 11 is 0. The first-order valence-corrected chi connectivity index (χ1v) is 17.1. The van der Waals surface area contributed by atoms with Crippen LogP contribution < -0.4 is 26.4 Å². The smallest absolute Gasteiger partial charge is 0.347 e. The zero-order valence-electron chi connectivity index (χ0n) is 29.4. The number of methoxy groups -OCH3 is 2. The van der Waals surface area contributed by atoms with E-state index in [4.69, 9.17) is 9.47 Å². The van der Waals surface area contributed by atoms with E-state index >= 15 is 0 Å². The standard InChI is InChI=1S/C39H37N5O8/c1-20-16-32(45)39(2)25(34(20)46)17-28-23(33(39)24-11-10-21-8-6-7-9-22(21)35(24)47)12-15-43-37(49)42(38(50)44(28)43)14-13-26-36(48)41(3)29-19-31(52-5)30(51-4)18-27(29)40-26/h6-12,16,18-19,25,28,33,47H,13-15,17H2,1-5H3/t25-,28+,33+,39-/m0/s1. The number of hydrogen-bond acceptors (Lipinski definition) is 9. The average molecular weight is 704 g/mol. The second-order valence-corrected chi connectivity index (χ2v) is 14.0. The second-order valence-electron chi connectivity index (χ2n) is 14.0. The van der Waals surface area contributed by atoms with E-state index < -0.39 is 34.7 Å². The van der Waals surface area contributed by atoms with Gasteiger partial charge in [-0.05, 0) is 36.0 Å². The van der Waals surface area contributed by atoms with Gasteiger partial charge in [0.25, 0.3) is 5.56 Å². The summed E-state index contributed by atoms with van der Waals surface area (Å²) < 4.78 is 16.1. The van der Waals surface area contributed by atoms with Crippen molar-refractivity contribution in [1.29, 1.82) is 0 Å². The van der Waals surface area contributed by atoms with Crippen molar-refractivity contribution in [1.82, 2.24) is 23.5 Å². The van der Waals surface area contributed by atoms with Crippen LogP contribution >= 0.6 is 0 Å². The van der Waals surface area contributed by atoms with Gasteiger partial charge in [0.15, 0.2) is 23.1 Å². The molecular formula is C39H37N5O8. The Bertz CT molecular complexity index is 2640. The van der Waals surface area contributed by atoms with Gasteiger partial charge in [-0.15, -0.1) is 0 Å². The fraction of sp³-hybridized carbons (Fsp3) is 0.333. The maximum atomic E-state index is 14.3. The maximum Gasteiger partial charge on any atom is 0.347 e. The van der Waals surface area contributed by atoms with Crippen LogP contribution in [0.15, 0.2) is 86.2 Å². The Kier molecular flexibility index (Phi) is 7.52. The van der Waals surface area contributed by atoms with Crippen molar-refractivity contribution in [2.24, 2.45) is 18.4 Å². The van der Waals surface area contributed by atoms with E-state index in [2.05, 4.69) is 4.98 Å². The SMILES string of the molecule is COc1cc2nc(CCn3c(=O)n4n(c3=O)[C@@H]3C[C@H]5C(=O)C(C)=CC(=O)[C@@]5(C)[C@@H](c5ccc6ccccc6c5O)C3=CC4)c(=O)n(C)c2cc1OC. The van der Waals surface area contributed by atoms with Crippen LogP contribution in [-0.4, -0.2) is 54.4 Å². The van der Waals surface area contributed by atoms with Crippen LogP contribution in [0, 0.1) is 11.3 Å². The zero-order chi connectivity index (χ0) is 36.8. The molecule has 0 radical (unpaired) electrons. The number of allylic oxidation sites excluding steroid dienone is 4. The molecule has 3 heterocycles. The molecule has 2 aromatic heterocycles. The molecule has 2 aliphatic carbocycles. The molecule has 1 N–H and O–H groups in total. The predicted molar refractivity (Wildman–Crippen MR) is 192 cm³/mol. The lowest BCUT2D eigenvalue weighted by Crippen LogP contribution is -2.54. The van der Waals surface area contributed by atoms with Gasteiger partial charge in [0.05, 0.1) is 43.3 Å². The summed E-state index contributed by atoms with van der Waals surface area (Å²) in [5.74, 6) is -1.12. The van der Waals surface area contributed by atoms with E-state index in [1.165, 1.54) is 34.2 Å². The normalized spacial score (nSPS) is 22.4. The molecule has 0 spiro atoms. The summed E-state index contributed by atoms with van der Waals surface area (Å²) in [5, 5.41) is 13.1. The van der Waals surface area contributed by atoms with Crippen LogP contribution in [0.3, 0.4) is 0 Å². The number of rotatable bonds is 6. The number of hydrogen-bond donors (Lipinski definition) is 1. The van der Waals surface area contributed by atoms with Gasteiger partial charge >= 0.3 is 11.4 Å². The van der Waals surface area contributed by atoms with Crippen molar-refractivity contribution < 1.29 is 24.2 Å². The number of phenols is 1. The molecule has 0 bridgehead atoms. The van der Waals surface area contributed by atoms with Crippen LogP contribution in [0.5, 0.6) is 17.2 Å². The van der Waals surface area contributed by atoms with Crippen LogP contribution in [-0.2, 0) is 36.1 Å².